The molecule has 1 nitrogen and oxygen atoms in total. The lowest BCUT2D eigenvalue weighted by atomic mass is 10.1. The Balaban J connectivity index is 2.81. The molecule has 0 aliphatic carbocycles. The monoisotopic (exact) mass is 239 g/mol. The molecule has 0 fully saturated rings. The number of aryl methyl sites for hydroxylation is 2. The lowest BCUT2D eigenvalue weighted by Gasteiger charge is -2.06. The number of pyridine rings is 1. The van der Waals surface area contributed by atoms with E-state index in [0.717, 1.165) is 23.0 Å². The first-order chi connectivity index (χ1) is 7.13. The molecule has 0 radical (unpaired) electrons. The summed E-state index contributed by atoms with van der Waals surface area (Å²) in [5, 5.41) is 2.10. The van der Waals surface area contributed by atoms with E-state index in [1.54, 1.807) is 0 Å². The van der Waals surface area contributed by atoms with Crippen molar-refractivity contribution < 1.29 is 0 Å². The first kappa shape index (κ1) is 10.7. The summed E-state index contributed by atoms with van der Waals surface area (Å²) < 4.78 is 0. The van der Waals surface area contributed by atoms with Gasteiger partial charge in [-0.1, -0.05) is 36.2 Å². The third-order valence-corrected chi connectivity index (χ3v) is 3.46. The van der Waals surface area contributed by atoms with E-state index in [0.29, 0.717) is 10.0 Å². The molecule has 2 aromatic rings. The molecule has 0 N–H and O–H groups in total. The van der Waals surface area contributed by atoms with Crippen LogP contribution in [0.4, 0.5) is 0 Å². The largest absolute Gasteiger partial charge is 0.251 e. The molecule has 0 saturated carbocycles. The number of aromatic nitrogens is 1. The fourth-order valence-electron chi connectivity index (χ4n) is 1.58. The van der Waals surface area contributed by atoms with E-state index in [1.807, 2.05) is 13.0 Å². The van der Waals surface area contributed by atoms with Crippen LogP contribution in [0.25, 0.3) is 10.9 Å². The zero-order chi connectivity index (χ0) is 11.0. The molecule has 0 spiro atoms. The molecule has 15 heavy (non-hydrogen) atoms. The van der Waals surface area contributed by atoms with Crippen LogP contribution in [0.2, 0.25) is 10.0 Å². The minimum absolute atomic E-state index is 0.553. The number of benzene rings is 1. The molecule has 1 aromatic carbocycles. The van der Waals surface area contributed by atoms with Gasteiger partial charge in [0.15, 0.2) is 0 Å². The van der Waals surface area contributed by atoms with Crippen molar-refractivity contribution in [2.24, 2.45) is 0 Å². The molecule has 2 rings (SSSR count). The summed E-state index contributed by atoms with van der Waals surface area (Å²) in [6.45, 7) is 3.97. The van der Waals surface area contributed by atoms with Crippen molar-refractivity contribution in [3.05, 3.63) is 39.5 Å². The van der Waals surface area contributed by atoms with Gasteiger partial charge in [-0.3, -0.25) is 4.98 Å². The average Bonchev–Trinajstić information content (AvgIpc) is 2.26. The fraction of sp³-hybridized carbons (Fsp3) is 0.250. The van der Waals surface area contributed by atoms with Gasteiger partial charge in [0.05, 0.1) is 21.3 Å². The van der Waals surface area contributed by atoms with Gasteiger partial charge in [-0.2, -0.15) is 0 Å². The highest BCUT2D eigenvalue weighted by molar-refractivity contribution is 6.45. The summed E-state index contributed by atoms with van der Waals surface area (Å²) in [4.78, 5) is 4.40. The van der Waals surface area contributed by atoms with Gasteiger partial charge in [0.2, 0.25) is 0 Å². The second-order valence-corrected chi connectivity index (χ2v) is 4.29. The van der Waals surface area contributed by atoms with Crippen molar-refractivity contribution in [2.75, 3.05) is 0 Å². The summed E-state index contributed by atoms with van der Waals surface area (Å²) >= 11 is 12.2. The van der Waals surface area contributed by atoms with Crippen molar-refractivity contribution in [1.82, 2.24) is 4.98 Å². The predicted molar refractivity (Wildman–Crippen MR) is 65.9 cm³/mol. The molecule has 0 bridgehead atoms. The third kappa shape index (κ3) is 1.82. The molecular formula is C12H11Cl2N. The van der Waals surface area contributed by atoms with Crippen LogP contribution in [0.3, 0.4) is 0 Å². The molecule has 0 aliphatic heterocycles. The van der Waals surface area contributed by atoms with Crippen LogP contribution in [0, 0.1) is 6.92 Å². The van der Waals surface area contributed by atoms with Gasteiger partial charge >= 0.3 is 0 Å². The SMILES string of the molecule is CCc1ccc2nc(C)c(Cl)c(Cl)c2c1. The first-order valence-electron chi connectivity index (χ1n) is 4.87. The van der Waals surface area contributed by atoms with Gasteiger partial charge in [-0.05, 0) is 31.0 Å². The maximum absolute atomic E-state index is 6.19. The molecule has 0 amide bonds. The summed E-state index contributed by atoms with van der Waals surface area (Å²) in [6, 6.07) is 6.11. The van der Waals surface area contributed by atoms with Crippen LogP contribution in [0.5, 0.6) is 0 Å². The van der Waals surface area contributed by atoms with E-state index in [9.17, 15) is 0 Å². The van der Waals surface area contributed by atoms with Crippen LogP contribution in [-0.4, -0.2) is 4.98 Å². The standard InChI is InChI=1S/C12H11Cl2N/c1-3-8-4-5-10-9(6-8)12(14)11(13)7(2)15-10/h4-6H,3H2,1-2H3. The maximum atomic E-state index is 6.19. The van der Waals surface area contributed by atoms with Crippen LogP contribution >= 0.6 is 23.2 Å². The lowest BCUT2D eigenvalue weighted by Crippen LogP contribution is -1.89. The summed E-state index contributed by atoms with van der Waals surface area (Å²) in [5.41, 5.74) is 2.92. The molecule has 1 heterocycles. The lowest BCUT2D eigenvalue weighted by molar-refractivity contribution is 1.14. The highest BCUT2D eigenvalue weighted by Crippen LogP contribution is 2.32. The van der Waals surface area contributed by atoms with Crippen molar-refractivity contribution >= 4 is 34.1 Å². The highest BCUT2D eigenvalue weighted by Gasteiger charge is 2.08. The Hall–Kier alpha value is -0.790. The van der Waals surface area contributed by atoms with Gasteiger partial charge in [0, 0.05) is 5.39 Å². The topological polar surface area (TPSA) is 12.9 Å². The molecule has 3 heteroatoms. The molecule has 0 aliphatic rings. The van der Waals surface area contributed by atoms with Gasteiger partial charge in [0.1, 0.15) is 0 Å². The molecule has 0 saturated heterocycles. The third-order valence-electron chi connectivity index (χ3n) is 2.50. The van der Waals surface area contributed by atoms with Crippen LogP contribution in [0.15, 0.2) is 18.2 Å². The normalized spacial score (nSPS) is 10.9. The highest BCUT2D eigenvalue weighted by atomic mass is 35.5. The van der Waals surface area contributed by atoms with Crippen molar-refractivity contribution in [1.29, 1.82) is 0 Å². The van der Waals surface area contributed by atoms with Gasteiger partial charge in [-0.25, -0.2) is 0 Å². The van der Waals surface area contributed by atoms with Crippen LogP contribution < -0.4 is 0 Å². The van der Waals surface area contributed by atoms with Crippen molar-refractivity contribution in [3.63, 3.8) is 0 Å². The van der Waals surface area contributed by atoms with E-state index >= 15 is 0 Å². The smallest absolute Gasteiger partial charge is 0.0811 e. The number of hydrogen-bond acceptors (Lipinski definition) is 1. The zero-order valence-electron chi connectivity index (χ0n) is 8.64. The first-order valence-corrected chi connectivity index (χ1v) is 5.63. The van der Waals surface area contributed by atoms with E-state index in [-0.39, 0.29) is 0 Å². The van der Waals surface area contributed by atoms with E-state index in [2.05, 4.69) is 24.0 Å². The Bertz CT molecular complexity index is 521. The number of halogens is 2. The van der Waals surface area contributed by atoms with Crippen LogP contribution in [0.1, 0.15) is 18.2 Å². The fourth-order valence-corrected chi connectivity index (χ4v) is 2.02. The van der Waals surface area contributed by atoms with E-state index < -0.39 is 0 Å². The number of hydrogen-bond donors (Lipinski definition) is 0. The molecule has 1 aromatic heterocycles. The van der Waals surface area contributed by atoms with Crippen LogP contribution in [-0.2, 0) is 6.42 Å². The number of fused-ring (bicyclic) bond motifs is 1. The Labute approximate surface area is 99.0 Å². The Kier molecular flexibility index (Phi) is 2.85. The second-order valence-electron chi connectivity index (χ2n) is 3.53. The Morgan fingerprint density at radius 2 is 1.93 bits per heavy atom. The van der Waals surface area contributed by atoms with Gasteiger partial charge in [0.25, 0.3) is 0 Å². The van der Waals surface area contributed by atoms with Gasteiger partial charge in [-0.15, -0.1) is 0 Å². The van der Waals surface area contributed by atoms with Gasteiger partial charge < -0.3 is 0 Å². The molecular weight excluding hydrogens is 229 g/mol. The second kappa shape index (κ2) is 3.99. The molecule has 0 unspecified atom stereocenters. The average molecular weight is 240 g/mol. The zero-order valence-corrected chi connectivity index (χ0v) is 10.2. The quantitative estimate of drug-likeness (QED) is 0.719. The van der Waals surface area contributed by atoms with E-state index in [1.165, 1.54) is 5.56 Å². The predicted octanol–water partition coefficient (Wildman–Crippen LogP) is 4.41. The van der Waals surface area contributed by atoms with Crippen molar-refractivity contribution in [2.45, 2.75) is 20.3 Å². The Morgan fingerprint density at radius 3 is 2.60 bits per heavy atom. The van der Waals surface area contributed by atoms with Crippen molar-refractivity contribution in [3.8, 4) is 0 Å². The summed E-state index contributed by atoms with van der Waals surface area (Å²) in [6.07, 6.45) is 0.984. The number of nitrogens with zero attached hydrogens (tertiary/aromatic N) is 1. The maximum Gasteiger partial charge on any atom is 0.0811 e. The molecule has 78 valence electrons. The van der Waals surface area contributed by atoms with E-state index in [4.69, 9.17) is 23.2 Å². The number of rotatable bonds is 1. The Morgan fingerprint density at radius 1 is 1.20 bits per heavy atom. The molecule has 0 atom stereocenters. The minimum Gasteiger partial charge on any atom is -0.251 e. The minimum atomic E-state index is 0.553. The summed E-state index contributed by atoms with van der Waals surface area (Å²) in [5.74, 6) is 0. The summed E-state index contributed by atoms with van der Waals surface area (Å²) in [7, 11) is 0.